The third kappa shape index (κ3) is 3.43. The van der Waals surface area contributed by atoms with E-state index in [-0.39, 0.29) is 29.9 Å². The topological polar surface area (TPSA) is 92.8 Å². The third-order valence-electron chi connectivity index (χ3n) is 5.24. The van der Waals surface area contributed by atoms with Gasteiger partial charge in [-0.25, -0.2) is 4.79 Å². The van der Waals surface area contributed by atoms with E-state index in [2.05, 4.69) is 0 Å². The van der Waals surface area contributed by atoms with Crippen LogP contribution in [-0.4, -0.2) is 39.4 Å². The summed E-state index contributed by atoms with van der Waals surface area (Å²) in [5.74, 6) is -0.703. The Labute approximate surface area is 160 Å². The zero-order valence-corrected chi connectivity index (χ0v) is 15.2. The summed E-state index contributed by atoms with van der Waals surface area (Å²) >= 11 is 0. The first-order chi connectivity index (χ1) is 13.5. The fraction of sp³-hybridized carbons (Fsp3) is 0.286. The van der Waals surface area contributed by atoms with Gasteiger partial charge in [0.25, 0.3) is 0 Å². The maximum atomic E-state index is 12.7. The van der Waals surface area contributed by atoms with Crippen molar-refractivity contribution in [2.24, 2.45) is 5.92 Å². The van der Waals surface area contributed by atoms with Gasteiger partial charge in [-0.2, -0.15) is 0 Å². The predicted molar refractivity (Wildman–Crippen MR) is 102 cm³/mol. The molecule has 1 fully saturated rings. The second-order valence-corrected chi connectivity index (χ2v) is 6.99. The molecule has 0 unspecified atom stereocenters. The first-order valence-electron chi connectivity index (χ1n) is 9.22. The van der Waals surface area contributed by atoms with E-state index in [9.17, 15) is 19.5 Å². The Hall–Kier alpha value is -3.35. The molecule has 0 aliphatic carbocycles. The number of phenolic OH excluding ortho intramolecular Hbond substituents is 1. The molecule has 7 nitrogen and oxygen atoms in total. The number of nitrogens with zero attached hydrogens (tertiary/aromatic N) is 2. The van der Waals surface area contributed by atoms with Crippen molar-refractivity contribution < 1.29 is 19.1 Å². The number of hydrogen-bond acceptors (Lipinski definition) is 5. The zero-order valence-electron chi connectivity index (χ0n) is 15.2. The van der Waals surface area contributed by atoms with Crippen molar-refractivity contribution >= 4 is 22.8 Å². The molecule has 0 radical (unpaired) electrons. The molecule has 144 valence electrons. The molecular formula is C21H20N2O5. The second-order valence-electron chi connectivity index (χ2n) is 6.99. The molecule has 1 amide bonds. The maximum Gasteiger partial charge on any atom is 0.420 e. The normalized spacial score (nSPS) is 15.1. The van der Waals surface area contributed by atoms with Gasteiger partial charge < -0.3 is 14.4 Å². The third-order valence-corrected chi connectivity index (χ3v) is 5.24. The predicted octanol–water partition coefficient (Wildman–Crippen LogP) is 2.42. The molecule has 0 bridgehead atoms. The van der Waals surface area contributed by atoms with E-state index in [1.54, 1.807) is 41.3 Å². The number of Topliss-reactive ketones (excluding diaryl/α,β-unsaturated/α-hetero) is 1. The Bertz CT molecular complexity index is 1070. The van der Waals surface area contributed by atoms with E-state index >= 15 is 0 Å². The molecule has 2 aromatic carbocycles. The number of fused-ring (bicyclic) bond motifs is 1. The fourth-order valence-electron chi connectivity index (χ4n) is 3.65. The maximum absolute atomic E-state index is 12.7. The molecule has 2 heterocycles. The van der Waals surface area contributed by atoms with Crippen LogP contribution < -0.4 is 5.76 Å². The summed E-state index contributed by atoms with van der Waals surface area (Å²) in [7, 11) is 0. The van der Waals surface area contributed by atoms with Crippen LogP contribution in [0.25, 0.3) is 11.1 Å². The van der Waals surface area contributed by atoms with Crippen LogP contribution in [0.2, 0.25) is 0 Å². The number of ketones is 1. The SMILES string of the molecule is O=C(c1ccc(O)cc1)C1CCN(C(=O)Cn2c(=O)oc3ccccc32)CC1. The highest BCUT2D eigenvalue weighted by Gasteiger charge is 2.28. The molecular weight excluding hydrogens is 360 g/mol. The lowest BCUT2D eigenvalue weighted by Gasteiger charge is -2.31. The Morgan fingerprint density at radius 1 is 1.04 bits per heavy atom. The zero-order chi connectivity index (χ0) is 19.7. The van der Waals surface area contributed by atoms with Gasteiger partial charge in [0.15, 0.2) is 11.4 Å². The van der Waals surface area contributed by atoms with Gasteiger partial charge >= 0.3 is 5.76 Å². The summed E-state index contributed by atoms with van der Waals surface area (Å²) < 4.78 is 6.51. The molecule has 1 saturated heterocycles. The average molecular weight is 380 g/mol. The van der Waals surface area contributed by atoms with Gasteiger partial charge in [0, 0.05) is 24.6 Å². The lowest BCUT2D eigenvalue weighted by atomic mass is 9.89. The summed E-state index contributed by atoms with van der Waals surface area (Å²) in [5, 5.41) is 9.35. The Balaban J connectivity index is 1.40. The number of carbonyl (C=O) groups is 2. The molecule has 1 N–H and O–H groups in total. The molecule has 0 atom stereocenters. The lowest BCUT2D eigenvalue weighted by molar-refractivity contribution is -0.133. The fourth-order valence-corrected chi connectivity index (χ4v) is 3.65. The van der Waals surface area contributed by atoms with Crippen LogP contribution in [0.15, 0.2) is 57.7 Å². The van der Waals surface area contributed by atoms with E-state index in [1.807, 2.05) is 0 Å². The summed E-state index contributed by atoms with van der Waals surface area (Å²) in [6, 6.07) is 13.2. The lowest BCUT2D eigenvalue weighted by Crippen LogP contribution is -2.42. The van der Waals surface area contributed by atoms with Gasteiger partial charge in [0.2, 0.25) is 5.91 Å². The number of aromatic nitrogens is 1. The Morgan fingerprint density at radius 2 is 1.71 bits per heavy atom. The van der Waals surface area contributed by atoms with Crippen LogP contribution in [0.3, 0.4) is 0 Å². The van der Waals surface area contributed by atoms with Gasteiger partial charge in [-0.1, -0.05) is 12.1 Å². The molecule has 1 aliphatic heterocycles. The number of phenols is 1. The van der Waals surface area contributed by atoms with E-state index in [1.165, 1.54) is 16.7 Å². The summed E-state index contributed by atoms with van der Waals surface area (Å²) in [6.07, 6.45) is 1.15. The van der Waals surface area contributed by atoms with Crippen molar-refractivity contribution in [3.63, 3.8) is 0 Å². The van der Waals surface area contributed by atoms with Crippen LogP contribution in [0, 0.1) is 5.92 Å². The summed E-state index contributed by atoms with van der Waals surface area (Å²) in [5.41, 5.74) is 1.62. The van der Waals surface area contributed by atoms with Gasteiger partial charge in [-0.3, -0.25) is 14.2 Å². The molecule has 1 aliphatic rings. The number of benzene rings is 2. The Morgan fingerprint density at radius 3 is 2.43 bits per heavy atom. The first kappa shape index (κ1) is 18.0. The molecule has 7 heteroatoms. The van der Waals surface area contributed by atoms with Crippen molar-refractivity contribution in [3.05, 3.63) is 64.6 Å². The van der Waals surface area contributed by atoms with Crippen molar-refractivity contribution in [2.75, 3.05) is 13.1 Å². The summed E-state index contributed by atoms with van der Waals surface area (Å²) in [6.45, 7) is 0.863. The minimum atomic E-state index is -0.549. The first-order valence-corrected chi connectivity index (χ1v) is 9.22. The minimum absolute atomic E-state index is 0.0316. The van der Waals surface area contributed by atoms with Crippen LogP contribution in [0.4, 0.5) is 0 Å². The molecule has 4 rings (SSSR count). The number of hydrogen-bond donors (Lipinski definition) is 1. The molecule has 0 saturated carbocycles. The molecule has 0 spiro atoms. The van der Waals surface area contributed by atoms with E-state index in [0.717, 1.165) is 0 Å². The largest absolute Gasteiger partial charge is 0.508 e. The number of carbonyl (C=O) groups excluding carboxylic acids is 2. The van der Waals surface area contributed by atoms with Crippen LogP contribution >= 0.6 is 0 Å². The van der Waals surface area contributed by atoms with Gasteiger partial charge in [-0.05, 0) is 49.2 Å². The monoisotopic (exact) mass is 380 g/mol. The van der Waals surface area contributed by atoms with Crippen molar-refractivity contribution in [2.45, 2.75) is 19.4 Å². The highest BCUT2D eigenvalue weighted by molar-refractivity contribution is 5.98. The highest BCUT2D eigenvalue weighted by atomic mass is 16.4. The van der Waals surface area contributed by atoms with E-state index < -0.39 is 5.76 Å². The van der Waals surface area contributed by atoms with Crippen LogP contribution in [0.1, 0.15) is 23.2 Å². The van der Waals surface area contributed by atoms with E-state index in [4.69, 9.17) is 4.42 Å². The number of likely N-dealkylation sites (tertiary alicyclic amines) is 1. The van der Waals surface area contributed by atoms with Crippen LogP contribution in [-0.2, 0) is 11.3 Å². The molecule has 28 heavy (non-hydrogen) atoms. The van der Waals surface area contributed by atoms with Gasteiger partial charge in [-0.15, -0.1) is 0 Å². The molecule has 1 aromatic heterocycles. The van der Waals surface area contributed by atoms with Gasteiger partial charge in [0.05, 0.1) is 5.52 Å². The number of rotatable bonds is 4. The van der Waals surface area contributed by atoms with Crippen molar-refractivity contribution in [1.82, 2.24) is 9.47 Å². The van der Waals surface area contributed by atoms with Crippen molar-refractivity contribution in [1.29, 1.82) is 0 Å². The standard InChI is InChI=1S/C21H20N2O5/c24-16-7-5-14(6-8-16)20(26)15-9-11-22(12-10-15)19(25)13-23-17-3-1-2-4-18(17)28-21(23)27/h1-8,15,24H,9-13H2. The number of oxazole rings is 1. The number of aromatic hydroxyl groups is 1. The Kier molecular flexibility index (Phi) is 4.73. The van der Waals surface area contributed by atoms with Gasteiger partial charge in [0.1, 0.15) is 12.3 Å². The quantitative estimate of drug-likeness (QED) is 0.702. The highest BCUT2D eigenvalue weighted by Crippen LogP contribution is 2.23. The smallest absolute Gasteiger partial charge is 0.420 e. The minimum Gasteiger partial charge on any atom is -0.508 e. The number of amides is 1. The molecule has 3 aromatic rings. The number of para-hydroxylation sites is 2. The average Bonchev–Trinajstić information content (AvgIpc) is 3.03. The second kappa shape index (κ2) is 7.34. The van der Waals surface area contributed by atoms with Crippen molar-refractivity contribution in [3.8, 4) is 5.75 Å². The van der Waals surface area contributed by atoms with Crippen LogP contribution in [0.5, 0.6) is 5.75 Å². The summed E-state index contributed by atoms with van der Waals surface area (Å²) in [4.78, 5) is 39.0. The number of piperidine rings is 1. The van der Waals surface area contributed by atoms with E-state index in [0.29, 0.717) is 42.6 Å².